The molecule has 0 radical (unpaired) electrons. The maximum Gasteiger partial charge on any atom is 0.425 e. The van der Waals surface area contributed by atoms with Crippen molar-refractivity contribution in [3.63, 3.8) is 0 Å². The van der Waals surface area contributed by atoms with Gasteiger partial charge in [-0.25, -0.2) is 0 Å². The molecule has 1 aromatic heterocycles. The fraction of sp³-hybridized carbons (Fsp3) is 0.455. The van der Waals surface area contributed by atoms with E-state index < -0.39 is 36.4 Å². The lowest BCUT2D eigenvalue weighted by molar-refractivity contribution is -0.273. The molecule has 5 nitrogen and oxygen atoms in total. The number of rotatable bonds is 4. The van der Waals surface area contributed by atoms with Crippen molar-refractivity contribution < 1.29 is 27.5 Å². The highest BCUT2D eigenvalue weighted by Crippen LogP contribution is 2.42. The van der Waals surface area contributed by atoms with Gasteiger partial charge in [0.15, 0.2) is 0 Å². The molecule has 0 spiro atoms. The topological polar surface area (TPSA) is 86.3 Å². The zero-order valence-corrected chi connectivity index (χ0v) is 9.91. The number of hydrogen-bond donors (Lipinski definition) is 2. The molecule has 2 N–H and O–H groups in total. The Morgan fingerprint density at radius 1 is 1.53 bits per heavy atom. The van der Waals surface area contributed by atoms with Gasteiger partial charge in [0.25, 0.3) is 0 Å². The second-order valence-electron chi connectivity index (χ2n) is 3.88. The maximum atomic E-state index is 12.9. The monoisotopic (exact) mass is 276 g/mol. The number of furan rings is 1. The number of alkyl halides is 3. The summed E-state index contributed by atoms with van der Waals surface area (Å²) in [7, 11) is 0. The van der Waals surface area contributed by atoms with Crippen molar-refractivity contribution in [1.29, 1.82) is 5.26 Å². The minimum absolute atomic E-state index is 0.176. The summed E-state index contributed by atoms with van der Waals surface area (Å²) >= 11 is 0. The van der Waals surface area contributed by atoms with Gasteiger partial charge >= 0.3 is 6.18 Å². The molecule has 19 heavy (non-hydrogen) atoms. The van der Waals surface area contributed by atoms with E-state index in [1.807, 2.05) is 5.32 Å². The molecule has 0 saturated heterocycles. The third-order valence-electron chi connectivity index (χ3n) is 2.40. The average molecular weight is 276 g/mol. The number of hydrogen-bond acceptors (Lipinski definition) is 4. The molecule has 0 fully saturated rings. The van der Waals surface area contributed by atoms with Crippen molar-refractivity contribution in [3.8, 4) is 6.07 Å². The minimum atomic E-state index is -5.08. The number of nitriles is 1. The number of carbonyl (C=O) groups excluding carboxylic acids is 1. The van der Waals surface area contributed by atoms with E-state index in [1.165, 1.54) is 13.0 Å². The van der Waals surface area contributed by atoms with Gasteiger partial charge in [-0.1, -0.05) is 0 Å². The Balaban J connectivity index is 3.02. The summed E-state index contributed by atoms with van der Waals surface area (Å²) in [5.74, 6) is -1.69. The molecule has 1 heterocycles. The van der Waals surface area contributed by atoms with Crippen LogP contribution in [-0.4, -0.2) is 23.7 Å². The second kappa shape index (κ2) is 5.32. The Kier molecular flexibility index (Phi) is 4.21. The third-order valence-corrected chi connectivity index (χ3v) is 2.40. The minimum Gasteiger partial charge on any atom is -0.463 e. The largest absolute Gasteiger partial charge is 0.463 e. The predicted octanol–water partition coefficient (Wildman–Crippen LogP) is 1.37. The van der Waals surface area contributed by atoms with E-state index in [9.17, 15) is 23.1 Å². The van der Waals surface area contributed by atoms with Gasteiger partial charge in [0, 0.05) is 0 Å². The van der Waals surface area contributed by atoms with Crippen molar-refractivity contribution in [3.05, 3.63) is 23.7 Å². The molecule has 0 bridgehead atoms. The van der Waals surface area contributed by atoms with Crippen LogP contribution in [0.4, 0.5) is 13.2 Å². The predicted molar refractivity (Wildman–Crippen MR) is 56.6 cm³/mol. The zero-order chi connectivity index (χ0) is 14.7. The van der Waals surface area contributed by atoms with Crippen LogP contribution in [0.5, 0.6) is 0 Å². The number of aliphatic hydroxyl groups is 1. The molecule has 1 rings (SSSR count). The summed E-state index contributed by atoms with van der Waals surface area (Å²) < 4.78 is 43.5. The molecule has 1 amide bonds. The SMILES string of the molecule is Cc1ccc(C(O)(CC(=O)NCC#N)C(F)(F)F)o1. The molecular weight excluding hydrogens is 265 g/mol. The molecule has 1 atom stereocenters. The Morgan fingerprint density at radius 3 is 2.58 bits per heavy atom. The molecule has 0 saturated carbocycles. The van der Waals surface area contributed by atoms with Gasteiger partial charge in [0.2, 0.25) is 11.5 Å². The summed E-state index contributed by atoms with van der Waals surface area (Å²) in [5, 5.41) is 19.9. The van der Waals surface area contributed by atoms with Crippen molar-refractivity contribution in [2.75, 3.05) is 6.54 Å². The van der Waals surface area contributed by atoms with Crippen LogP contribution in [0, 0.1) is 18.3 Å². The number of nitrogens with one attached hydrogen (secondary N) is 1. The van der Waals surface area contributed by atoms with E-state index in [2.05, 4.69) is 0 Å². The van der Waals surface area contributed by atoms with Crippen LogP contribution in [0.25, 0.3) is 0 Å². The smallest absolute Gasteiger partial charge is 0.425 e. The van der Waals surface area contributed by atoms with Crippen molar-refractivity contribution >= 4 is 5.91 Å². The highest BCUT2D eigenvalue weighted by Gasteiger charge is 2.58. The Labute approximate surface area is 106 Å². The van der Waals surface area contributed by atoms with Gasteiger partial charge in [-0.15, -0.1) is 0 Å². The van der Waals surface area contributed by atoms with Gasteiger partial charge < -0.3 is 14.8 Å². The Hall–Kier alpha value is -2.01. The quantitative estimate of drug-likeness (QED) is 0.813. The van der Waals surface area contributed by atoms with E-state index in [1.54, 1.807) is 6.07 Å². The highest BCUT2D eigenvalue weighted by atomic mass is 19.4. The first-order chi connectivity index (χ1) is 8.70. The number of aryl methyl sites for hydroxylation is 1. The van der Waals surface area contributed by atoms with Crippen molar-refractivity contribution in [2.45, 2.75) is 25.1 Å². The fourth-order valence-electron chi connectivity index (χ4n) is 1.42. The fourth-order valence-corrected chi connectivity index (χ4v) is 1.42. The zero-order valence-electron chi connectivity index (χ0n) is 9.91. The normalized spacial score (nSPS) is 14.5. The van der Waals surface area contributed by atoms with Gasteiger partial charge in [-0.3, -0.25) is 4.79 Å². The number of amides is 1. The molecular formula is C11H11F3N2O3. The van der Waals surface area contributed by atoms with E-state index in [-0.39, 0.29) is 5.76 Å². The Morgan fingerprint density at radius 2 is 2.16 bits per heavy atom. The van der Waals surface area contributed by atoms with Crippen LogP contribution in [0.3, 0.4) is 0 Å². The summed E-state index contributed by atoms with van der Waals surface area (Å²) in [6.45, 7) is 0.972. The molecule has 104 valence electrons. The van der Waals surface area contributed by atoms with E-state index in [0.29, 0.717) is 0 Å². The standard InChI is InChI=1S/C11H11F3N2O3/c1-7-2-3-8(19-7)10(18,11(12,13)14)6-9(17)16-5-4-15/h2-3,18H,5-6H2,1H3,(H,16,17). The van der Waals surface area contributed by atoms with E-state index >= 15 is 0 Å². The first-order valence-corrected chi connectivity index (χ1v) is 5.20. The number of nitrogens with zero attached hydrogens (tertiary/aromatic N) is 1. The molecule has 1 aromatic rings. The highest BCUT2D eigenvalue weighted by molar-refractivity contribution is 5.77. The van der Waals surface area contributed by atoms with Gasteiger partial charge in [0.05, 0.1) is 12.5 Å². The van der Waals surface area contributed by atoms with Crippen molar-refractivity contribution in [2.24, 2.45) is 0 Å². The average Bonchev–Trinajstić information content (AvgIpc) is 2.72. The van der Waals surface area contributed by atoms with Crippen LogP contribution in [0.15, 0.2) is 16.5 Å². The number of halogens is 3. The molecule has 8 heteroatoms. The van der Waals surface area contributed by atoms with Crippen LogP contribution < -0.4 is 5.32 Å². The molecule has 0 aromatic carbocycles. The molecule has 1 unspecified atom stereocenters. The molecule has 0 aliphatic rings. The van der Waals surface area contributed by atoms with E-state index in [0.717, 1.165) is 6.07 Å². The third kappa shape index (κ3) is 3.26. The van der Waals surface area contributed by atoms with Crippen LogP contribution in [-0.2, 0) is 10.4 Å². The summed E-state index contributed by atoms with van der Waals surface area (Å²) in [4.78, 5) is 11.3. The van der Waals surface area contributed by atoms with Gasteiger partial charge in [-0.05, 0) is 19.1 Å². The number of carbonyl (C=O) groups is 1. The van der Waals surface area contributed by atoms with Crippen LogP contribution in [0.1, 0.15) is 17.9 Å². The van der Waals surface area contributed by atoms with Gasteiger partial charge in [-0.2, -0.15) is 18.4 Å². The first kappa shape index (κ1) is 15.0. The summed E-state index contributed by atoms with van der Waals surface area (Å²) in [6.07, 6.45) is -6.35. The lowest BCUT2D eigenvalue weighted by Crippen LogP contribution is -2.46. The summed E-state index contributed by atoms with van der Waals surface area (Å²) in [5.41, 5.74) is -3.42. The maximum absolute atomic E-state index is 12.9. The lowest BCUT2D eigenvalue weighted by Gasteiger charge is -2.27. The molecule has 0 aliphatic carbocycles. The first-order valence-electron chi connectivity index (χ1n) is 5.20. The van der Waals surface area contributed by atoms with Crippen molar-refractivity contribution in [1.82, 2.24) is 5.32 Å². The Bertz CT molecular complexity index is 504. The molecule has 0 aliphatic heterocycles. The van der Waals surface area contributed by atoms with Crippen LogP contribution in [0.2, 0.25) is 0 Å². The summed E-state index contributed by atoms with van der Waals surface area (Å²) in [6, 6.07) is 3.76. The lowest BCUT2D eigenvalue weighted by atomic mass is 9.95. The van der Waals surface area contributed by atoms with Crippen LogP contribution >= 0.6 is 0 Å². The van der Waals surface area contributed by atoms with Gasteiger partial charge in [0.1, 0.15) is 18.1 Å². The van der Waals surface area contributed by atoms with E-state index in [4.69, 9.17) is 9.68 Å². The second-order valence-corrected chi connectivity index (χ2v) is 3.88.